The molecule has 9 N–H and O–H groups in total. The van der Waals surface area contributed by atoms with E-state index in [1.54, 1.807) is 0 Å². The number of aliphatic hydroxyl groups excluding tert-OH is 3. The molecule has 0 saturated carbocycles. The van der Waals surface area contributed by atoms with Gasteiger partial charge in [-0.2, -0.15) is 0 Å². The van der Waals surface area contributed by atoms with Gasteiger partial charge >= 0.3 is 117 Å². The van der Waals surface area contributed by atoms with Crippen LogP contribution < -0.4 is 17.2 Å². The van der Waals surface area contributed by atoms with Crippen molar-refractivity contribution in [2.24, 2.45) is 17.2 Å². The number of nitrogens with two attached hydrogens (primary N) is 3. The molecule has 0 spiro atoms. The van der Waals surface area contributed by atoms with Crippen LogP contribution in [0, 0.1) is 0 Å². The number of hydrogen-bond acceptors (Lipinski definition) is 9. The van der Waals surface area contributed by atoms with E-state index in [2.05, 4.69) is 0 Å². The van der Waals surface area contributed by atoms with Gasteiger partial charge in [-0.15, -0.1) is 0 Å². The third kappa shape index (κ3) is 4.92. The van der Waals surface area contributed by atoms with Crippen LogP contribution in [0.3, 0.4) is 0 Å². The van der Waals surface area contributed by atoms with Crippen LogP contribution >= 0.6 is 0 Å². The fraction of sp³-hybridized carbons (Fsp3) is 0.667. The van der Waals surface area contributed by atoms with Crippen LogP contribution in [0.15, 0.2) is 0 Å². The molecule has 0 radical (unpaired) electrons. The van der Waals surface area contributed by atoms with E-state index in [0.29, 0.717) is 0 Å². The van der Waals surface area contributed by atoms with E-state index < -0.39 is 70.2 Å². The van der Waals surface area contributed by atoms with E-state index in [9.17, 15) is 14.4 Å². The summed E-state index contributed by atoms with van der Waals surface area (Å²) < 4.78 is -2.54. The predicted octanol–water partition coefficient (Wildman–Crippen LogP) is -5.24. The van der Waals surface area contributed by atoms with Crippen molar-refractivity contribution in [3.8, 4) is 0 Å². The molecule has 0 saturated heterocycles. The summed E-state index contributed by atoms with van der Waals surface area (Å²) in [7, 11) is 0. The van der Waals surface area contributed by atoms with Gasteiger partial charge in [0.05, 0.1) is 0 Å². The van der Waals surface area contributed by atoms with Crippen molar-refractivity contribution < 1.29 is 29.7 Å². The van der Waals surface area contributed by atoms with Gasteiger partial charge in [-0.3, -0.25) is 0 Å². The predicted molar refractivity (Wildman–Crippen MR) is 66.0 cm³/mol. The Labute approximate surface area is 117 Å². The molecule has 0 bridgehead atoms. The quantitative estimate of drug-likeness (QED) is 0.178. The number of hydrogen-bond donors (Lipinski definition) is 6. The number of carbonyl (C=O) groups is 3. The zero-order valence-corrected chi connectivity index (χ0v) is 13.6. The molecule has 110 valence electrons. The van der Waals surface area contributed by atoms with Crippen molar-refractivity contribution in [1.29, 1.82) is 0 Å². The van der Waals surface area contributed by atoms with Gasteiger partial charge in [-0.05, 0) is 0 Å². The molecule has 0 unspecified atom stereocenters. The van der Waals surface area contributed by atoms with E-state index in [-0.39, 0.29) is 0 Å². The van der Waals surface area contributed by atoms with E-state index in [0.717, 1.165) is 0 Å². The SMILES string of the molecule is N[C@@H](CO)[C](=O)[Bi]([C](=O)[C@@H](N)CO)[C](=O)[C@@H](N)CO. The van der Waals surface area contributed by atoms with Crippen molar-refractivity contribution in [2.45, 2.75) is 18.1 Å². The standard InChI is InChI=1S/3C3H6NO2.Bi/c3*4-3(1-5)2-6;/h3*3,5H,1,4H2;/t3*3-;/m000./s1. The molecule has 0 fully saturated rings. The van der Waals surface area contributed by atoms with Gasteiger partial charge < -0.3 is 0 Å². The van der Waals surface area contributed by atoms with Gasteiger partial charge in [0.25, 0.3) is 0 Å². The van der Waals surface area contributed by atoms with Gasteiger partial charge in [-0.25, -0.2) is 0 Å². The Morgan fingerprint density at radius 1 is 0.737 bits per heavy atom. The molecule has 9 nitrogen and oxygen atoms in total. The van der Waals surface area contributed by atoms with E-state index in [4.69, 9.17) is 32.5 Å². The third-order valence-electron chi connectivity index (χ3n) is 2.20. The summed E-state index contributed by atoms with van der Waals surface area (Å²) in [6.45, 7) is -2.14. The first-order chi connectivity index (χ1) is 8.81. The second kappa shape index (κ2) is 8.75. The fourth-order valence-electron chi connectivity index (χ4n) is 1.06. The Morgan fingerprint density at radius 2 is 0.947 bits per heavy atom. The summed E-state index contributed by atoms with van der Waals surface area (Å²) in [5.41, 5.74) is 15.9. The first-order valence-corrected chi connectivity index (χ1v) is 10.5. The average Bonchev–Trinajstić information content (AvgIpc) is 2.43. The van der Waals surface area contributed by atoms with Crippen molar-refractivity contribution in [3.63, 3.8) is 0 Å². The molecule has 0 aliphatic carbocycles. The van der Waals surface area contributed by atoms with Crippen LogP contribution in [0.5, 0.6) is 0 Å². The van der Waals surface area contributed by atoms with Crippen molar-refractivity contribution in [1.82, 2.24) is 0 Å². The molecule has 3 atom stereocenters. The normalized spacial score (nSPS) is 15.9. The van der Waals surface area contributed by atoms with E-state index in [1.807, 2.05) is 0 Å². The molecule has 0 aromatic rings. The summed E-state index contributed by atoms with van der Waals surface area (Å²) in [5, 5.41) is 26.4. The topological polar surface area (TPSA) is 190 Å². The van der Waals surface area contributed by atoms with Gasteiger partial charge in [0.1, 0.15) is 0 Å². The summed E-state index contributed by atoms with van der Waals surface area (Å²) in [5.74, 6) is 0. The minimum absolute atomic E-state index is 0.714. The monoisotopic (exact) mass is 473 g/mol. The molecule has 0 heterocycles. The molecule has 19 heavy (non-hydrogen) atoms. The third-order valence-corrected chi connectivity index (χ3v) is 11.2. The minimum atomic E-state index is -4.27. The summed E-state index contributed by atoms with van der Waals surface area (Å²) in [6, 6.07) is -4.08. The van der Waals surface area contributed by atoms with Gasteiger partial charge in [0.2, 0.25) is 0 Å². The van der Waals surface area contributed by atoms with Gasteiger partial charge in [-0.1, -0.05) is 0 Å². The zero-order valence-electron chi connectivity index (χ0n) is 10.1. The number of aliphatic hydroxyl groups is 3. The molecule has 0 amide bonds. The molecular formula is C9H18BiN3O6. The molecule has 0 aliphatic heterocycles. The Kier molecular flexibility index (Phi) is 8.59. The Morgan fingerprint density at radius 3 is 1.11 bits per heavy atom. The van der Waals surface area contributed by atoms with Gasteiger partial charge in [0, 0.05) is 0 Å². The zero-order chi connectivity index (χ0) is 15.2. The average molecular weight is 473 g/mol. The van der Waals surface area contributed by atoms with Gasteiger partial charge in [0.15, 0.2) is 0 Å². The molecular weight excluding hydrogens is 455 g/mol. The maximum atomic E-state index is 11.9. The van der Waals surface area contributed by atoms with Crippen molar-refractivity contribution in [3.05, 3.63) is 0 Å². The second-order valence-corrected chi connectivity index (χ2v) is 11.5. The summed E-state index contributed by atoms with van der Waals surface area (Å²) in [4.78, 5) is 35.7. The van der Waals surface area contributed by atoms with Crippen LogP contribution in [-0.4, -0.2) is 85.5 Å². The fourth-order valence-corrected chi connectivity index (χ4v) is 8.41. The molecule has 0 aromatic carbocycles. The number of carbonyl (C=O) groups excluding carboxylic acids is 3. The second-order valence-electron chi connectivity index (χ2n) is 3.72. The first-order valence-electron chi connectivity index (χ1n) is 5.32. The summed E-state index contributed by atoms with van der Waals surface area (Å²) in [6.07, 6.45) is 0. The van der Waals surface area contributed by atoms with Crippen molar-refractivity contribution >= 4 is 32.2 Å². The van der Waals surface area contributed by atoms with Crippen molar-refractivity contribution in [2.75, 3.05) is 19.8 Å². The molecule has 0 aromatic heterocycles. The van der Waals surface area contributed by atoms with Crippen LogP contribution in [0.25, 0.3) is 0 Å². The van der Waals surface area contributed by atoms with Crippen LogP contribution in [0.1, 0.15) is 0 Å². The van der Waals surface area contributed by atoms with E-state index >= 15 is 0 Å². The molecule has 0 aliphatic rings. The Bertz CT molecular complexity index is 301. The molecule has 0 rings (SSSR count). The Hall–Kier alpha value is -0.347. The van der Waals surface area contributed by atoms with Crippen LogP contribution in [0.4, 0.5) is 0 Å². The first kappa shape index (κ1) is 18.7. The Balaban J connectivity index is 5.31. The molecule has 10 heteroatoms. The maximum absolute atomic E-state index is 11.9. The summed E-state index contributed by atoms with van der Waals surface area (Å²) >= 11 is -4.27. The van der Waals surface area contributed by atoms with Crippen LogP contribution in [0.2, 0.25) is 0 Å². The van der Waals surface area contributed by atoms with E-state index in [1.165, 1.54) is 0 Å². The van der Waals surface area contributed by atoms with Crippen LogP contribution in [-0.2, 0) is 14.4 Å². The number of rotatable bonds is 9.